The number of aromatic amines is 1. The molecule has 0 spiro atoms. The second kappa shape index (κ2) is 5.50. The van der Waals surface area contributed by atoms with Crippen molar-refractivity contribution in [3.05, 3.63) is 78.4 Å². The van der Waals surface area contributed by atoms with Crippen LogP contribution in [0.15, 0.2) is 56.5 Å². The van der Waals surface area contributed by atoms with Gasteiger partial charge in [0.1, 0.15) is 0 Å². The molecule has 0 bridgehead atoms. The molecule has 0 unspecified atom stereocenters. The van der Waals surface area contributed by atoms with Gasteiger partial charge in [-0.2, -0.15) is 0 Å². The second-order valence-electron chi connectivity index (χ2n) is 4.61. The summed E-state index contributed by atoms with van der Waals surface area (Å²) >= 11 is 9.38. The number of para-hydroxylation sites is 1. The van der Waals surface area contributed by atoms with E-state index in [1.54, 1.807) is 18.2 Å². The zero-order valence-corrected chi connectivity index (χ0v) is 13.1. The number of aromatic nitrogens is 2. The Morgan fingerprint density at radius 2 is 1.90 bits per heavy atom. The van der Waals surface area contributed by atoms with Crippen molar-refractivity contribution in [2.45, 2.75) is 6.54 Å². The number of fused-ring (bicyclic) bond motifs is 1. The Morgan fingerprint density at radius 3 is 2.67 bits per heavy atom. The number of halogens is 2. The number of benzene rings is 2. The van der Waals surface area contributed by atoms with Crippen LogP contribution in [0.3, 0.4) is 0 Å². The minimum Gasteiger partial charge on any atom is -0.305 e. The van der Waals surface area contributed by atoms with E-state index in [1.807, 2.05) is 24.3 Å². The van der Waals surface area contributed by atoms with Crippen molar-refractivity contribution in [1.29, 1.82) is 0 Å². The molecule has 3 rings (SSSR count). The summed E-state index contributed by atoms with van der Waals surface area (Å²) in [5, 5.41) is 0.758. The summed E-state index contributed by atoms with van der Waals surface area (Å²) in [6, 6.07) is 12.4. The van der Waals surface area contributed by atoms with Gasteiger partial charge in [0.05, 0.1) is 22.5 Å². The Kier molecular flexibility index (Phi) is 3.69. The summed E-state index contributed by atoms with van der Waals surface area (Å²) < 4.78 is 2.06. The maximum Gasteiger partial charge on any atom is 0.329 e. The summed E-state index contributed by atoms with van der Waals surface area (Å²) in [6.07, 6.45) is 0. The van der Waals surface area contributed by atoms with Gasteiger partial charge in [-0.15, -0.1) is 0 Å². The molecule has 3 aromatic rings. The van der Waals surface area contributed by atoms with Crippen LogP contribution < -0.4 is 11.2 Å². The normalized spacial score (nSPS) is 11.0. The lowest BCUT2D eigenvalue weighted by molar-refractivity contribution is 0.711. The number of hydrogen-bond acceptors (Lipinski definition) is 2. The first-order valence-corrected chi connectivity index (χ1v) is 7.39. The molecule has 0 aliphatic heterocycles. The standard InChI is InChI=1S/C15H10BrClN2O2/c16-10-4-1-3-9(7-10)8-19-14(20)11-5-2-6-12(17)13(11)18-15(19)21/h1-7H,8H2,(H,18,21). The Hall–Kier alpha value is -1.85. The fourth-order valence-electron chi connectivity index (χ4n) is 2.20. The zero-order valence-electron chi connectivity index (χ0n) is 10.8. The number of rotatable bonds is 2. The van der Waals surface area contributed by atoms with Gasteiger partial charge in [-0.1, -0.05) is 45.7 Å². The molecule has 0 amide bonds. The van der Waals surface area contributed by atoms with Gasteiger partial charge in [0, 0.05) is 4.47 Å². The molecule has 0 aliphatic rings. The Morgan fingerprint density at radius 1 is 1.14 bits per heavy atom. The van der Waals surface area contributed by atoms with Crippen LogP contribution in [-0.4, -0.2) is 9.55 Å². The van der Waals surface area contributed by atoms with Crippen LogP contribution in [-0.2, 0) is 6.54 Å². The molecule has 0 fully saturated rings. The van der Waals surface area contributed by atoms with Crippen LogP contribution in [0, 0.1) is 0 Å². The highest BCUT2D eigenvalue weighted by molar-refractivity contribution is 9.10. The van der Waals surface area contributed by atoms with E-state index in [4.69, 9.17) is 11.6 Å². The molecule has 0 atom stereocenters. The summed E-state index contributed by atoms with van der Waals surface area (Å²) in [4.78, 5) is 27.3. The van der Waals surface area contributed by atoms with Crippen molar-refractivity contribution in [2.75, 3.05) is 0 Å². The van der Waals surface area contributed by atoms with E-state index in [0.717, 1.165) is 10.0 Å². The molecule has 6 heteroatoms. The maximum atomic E-state index is 12.5. The predicted octanol–water partition coefficient (Wildman–Crippen LogP) is 3.15. The van der Waals surface area contributed by atoms with Crippen LogP contribution >= 0.6 is 27.5 Å². The molecule has 1 N–H and O–H groups in total. The molecule has 106 valence electrons. The summed E-state index contributed by atoms with van der Waals surface area (Å²) in [6.45, 7) is 0.204. The maximum absolute atomic E-state index is 12.5. The van der Waals surface area contributed by atoms with Crippen LogP contribution in [0.25, 0.3) is 10.9 Å². The van der Waals surface area contributed by atoms with Gasteiger partial charge in [0.15, 0.2) is 0 Å². The van der Waals surface area contributed by atoms with Gasteiger partial charge in [-0.25, -0.2) is 4.79 Å². The van der Waals surface area contributed by atoms with Gasteiger partial charge in [0.25, 0.3) is 5.56 Å². The van der Waals surface area contributed by atoms with E-state index in [-0.39, 0.29) is 12.1 Å². The van der Waals surface area contributed by atoms with Crippen LogP contribution in [0.4, 0.5) is 0 Å². The third-order valence-corrected chi connectivity index (χ3v) is 4.00. The van der Waals surface area contributed by atoms with Crippen molar-refractivity contribution in [3.8, 4) is 0 Å². The van der Waals surface area contributed by atoms with Gasteiger partial charge in [-0.3, -0.25) is 9.36 Å². The van der Waals surface area contributed by atoms with E-state index < -0.39 is 5.69 Å². The minimum atomic E-state index is -0.472. The first kappa shape index (κ1) is 14.1. The van der Waals surface area contributed by atoms with E-state index in [9.17, 15) is 9.59 Å². The van der Waals surface area contributed by atoms with Crippen LogP contribution in [0.1, 0.15) is 5.56 Å². The Labute approximate surface area is 133 Å². The SMILES string of the molecule is O=c1[nH]c2c(Cl)cccc2c(=O)n1Cc1cccc(Br)c1. The summed E-state index contributed by atoms with van der Waals surface area (Å²) in [5.74, 6) is 0. The Balaban J connectivity index is 2.20. The van der Waals surface area contributed by atoms with Crippen LogP contribution in [0.5, 0.6) is 0 Å². The molecule has 1 aromatic heterocycles. The molecule has 1 heterocycles. The zero-order chi connectivity index (χ0) is 15.0. The summed E-state index contributed by atoms with van der Waals surface area (Å²) in [5.41, 5.74) is 0.412. The van der Waals surface area contributed by atoms with Crippen molar-refractivity contribution in [1.82, 2.24) is 9.55 Å². The molecule has 0 radical (unpaired) electrons. The molecule has 0 saturated heterocycles. The fraction of sp³-hybridized carbons (Fsp3) is 0.0667. The lowest BCUT2D eigenvalue weighted by Gasteiger charge is -2.07. The van der Waals surface area contributed by atoms with Crippen LogP contribution in [0.2, 0.25) is 5.02 Å². The third kappa shape index (κ3) is 2.66. The second-order valence-corrected chi connectivity index (χ2v) is 5.94. The van der Waals surface area contributed by atoms with Gasteiger partial charge in [-0.05, 0) is 29.8 Å². The molecule has 21 heavy (non-hydrogen) atoms. The van der Waals surface area contributed by atoms with Gasteiger partial charge in [0.2, 0.25) is 0 Å². The van der Waals surface area contributed by atoms with Gasteiger partial charge >= 0.3 is 5.69 Å². The van der Waals surface area contributed by atoms with Crippen molar-refractivity contribution >= 4 is 38.4 Å². The summed E-state index contributed by atoms with van der Waals surface area (Å²) in [7, 11) is 0. The first-order valence-electron chi connectivity index (χ1n) is 6.22. The highest BCUT2D eigenvalue weighted by Crippen LogP contribution is 2.17. The van der Waals surface area contributed by atoms with Crippen molar-refractivity contribution in [3.63, 3.8) is 0 Å². The molecule has 4 nitrogen and oxygen atoms in total. The molecule has 0 aliphatic carbocycles. The molecular formula is C15H10BrClN2O2. The molecule has 2 aromatic carbocycles. The highest BCUT2D eigenvalue weighted by atomic mass is 79.9. The van der Waals surface area contributed by atoms with E-state index in [1.165, 1.54) is 4.57 Å². The topological polar surface area (TPSA) is 54.9 Å². The average molecular weight is 366 g/mol. The number of H-pyrrole nitrogens is 1. The monoisotopic (exact) mass is 364 g/mol. The Bertz CT molecular complexity index is 946. The van der Waals surface area contributed by atoms with E-state index >= 15 is 0 Å². The molecule has 0 saturated carbocycles. The smallest absolute Gasteiger partial charge is 0.305 e. The first-order chi connectivity index (χ1) is 10.1. The lowest BCUT2D eigenvalue weighted by Crippen LogP contribution is -2.35. The minimum absolute atomic E-state index is 0.204. The highest BCUT2D eigenvalue weighted by Gasteiger charge is 2.10. The quantitative estimate of drug-likeness (QED) is 0.758. The third-order valence-electron chi connectivity index (χ3n) is 3.20. The predicted molar refractivity (Wildman–Crippen MR) is 87.1 cm³/mol. The number of hydrogen-bond donors (Lipinski definition) is 1. The number of nitrogens with zero attached hydrogens (tertiary/aromatic N) is 1. The van der Waals surface area contributed by atoms with Crippen molar-refractivity contribution in [2.24, 2.45) is 0 Å². The van der Waals surface area contributed by atoms with Gasteiger partial charge < -0.3 is 4.98 Å². The lowest BCUT2D eigenvalue weighted by atomic mass is 10.2. The van der Waals surface area contributed by atoms with E-state index in [2.05, 4.69) is 20.9 Å². The largest absolute Gasteiger partial charge is 0.329 e. The van der Waals surface area contributed by atoms with E-state index in [0.29, 0.717) is 15.9 Å². The number of nitrogens with one attached hydrogen (secondary N) is 1. The average Bonchev–Trinajstić information content (AvgIpc) is 2.45. The fourth-order valence-corrected chi connectivity index (χ4v) is 2.87. The molecular weight excluding hydrogens is 356 g/mol. The van der Waals surface area contributed by atoms with Crippen molar-refractivity contribution < 1.29 is 0 Å².